The highest BCUT2D eigenvalue weighted by Crippen LogP contribution is 2.40. The minimum Gasteiger partial charge on any atom is -0.452 e. The Bertz CT molecular complexity index is 1360. The second kappa shape index (κ2) is 9.58. The fourth-order valence-electron chi connectivity index (χ4n) is 4.01. The van der Waals surface area contributed by atoms with E-state index in [-0.39, 0.29) is 11.9 Å². The Morgan fingerprint density at radius 3 is 2.66 bits per heavy atom. The topological polar surface area (TPSA) is 86.1 Å². The lowest BCUT2D eigenvalue weighted by Gasteiger charge is -2.18. The molecular formula is C26H25FN4O3S. The monoisotopic (exact) mass is 492 g/mol. The first-order valence-electron chi connectivity index (χ1n) is 11.5. The van der Waals surface area contributed by atoms with Crippen molar-refractivity contribution in [3.63, 3.8) is 0 Å². The van der Waals surface area contributed by atoms with E-state index in [0.29, 0.717) is 22.5 Å². The second-order valence-corrected chi connectivity index (χ2v) is 9.91. The fourth-order valence-corrected chi connectivity index (χ4v) is 4.82. The van der Waals surface area contributed by atoms with Crippen LogP contribution in [0.1, 0.15) is 71.2 Å². The van der Waals surface area contributed by atoms with E-state index >= 15 is 0 Å². The van der Waals surface area contributed by atoms with Gasteiger partial charge in [0.05, 0.1) is 23.2 Å². The standard InChI is InChI=1S/C26H25FN4O3S/c1-15(2)31-25-20(13-28-31)19(12-21(29-25)16-5-6-16)26(33)34-14-23(32)30-24(22-4-3-11-35-22)17-7-9-18(27)10-8-17/h3-4,7-13,15-16,24H,5-6,14H2,1-2H3,(H,30,32). The smallest absolute Gasteiger partial charge is 0.339 e. The number of carbonyl (C=O) groups is 2. The lowest BCUT2D eigenvalue weighted by Crippen LogP contribution is -2.32. The number of benzene rings is 1. The zero-order valence-corrected chi connectivity index (χ0v) is 20.2. The summed E-state index contributed by atoms with van der Waals surface area (Å²) in [4.78, 5) is 31.5. The van der Waals surface area contributed by atoms with E-state index in [9.17, 15) is 14.0 Å². The molecule has 0 bridgehead atoms. The molecule has 1 saturated carbocycles. The lowest BCUT2D eigenvalue weighted by molar-refractivity contribution is -0.124. The molecule has 0 saturated heterocycles. The van der Waals surface area contributed by atoms with Gasteiger partial charge in [0.25, 0.3) is 5.91 Å². The van der Waals surface area contributed by atoms with Gasteiger partial charge in [-0.15, -0.1) is 11.3 Å². The molecule has 35 heavy (non-hydrogen) atoms. The van der Waals surface area contributed by atoms with Crippen molar-refractivity contribution in [3.8, 4) is 0 Å². The maximum atomic E-state index is 13.4. The molecule has 1 aliphatic carbocycles. The summed E-state index contributed by atoms with van der Waals surface area (Å²) in [6, 6.07) is 11.1. The second-order valence-electron chi connectivity index (χ2n) is 8.93. The fraction of sp³-hybridized carbons (Fsp3) is 0.308. The van der Waals surface area contributed by atoms with Crippen molar-refractivity contribution in [3.05, 3.63) is 81.6 Å². The quantitative estimate of drug-likeness (QED) is 0.344. The Hall–Kier alpha value is -3.59. The molecule has 3 heterocycles. The molecule has 3 aromatic heterocycles. The molecular weight excluding hydrogens is 467 g/mol. The van der Waals surface area contributed by atoms with Crippen molar-refractivity contribution >= 4 is 34.2 Å². The number of esters is 1. The van der Waals surface area contributed by atoms with E-state index in [1.54, 1.807) is 29.1 Å². The van der Waals surface area contributed by atoms with Crippen molar-refractivity contribution in [1.82, 2.24) is 20.1 Å². The minimum atomic E-state index is -0.591. The third-order valence-electron chi connectivity index (χ3n) is 5.96. The number of carbonyl (C=O) groups excluding carboxylic acids is 2. The number of hydrogen-bond acceptors (Lipinski definition) is 6. The summed E-state index contributed by atoms with van der Waals surface area (Å²) < 4.78 is 20.6. The summed E-state index contributed by atoms with van der Waals surface area (Å²) in [6.07, 6.45) is 3.70. The molecule has 5 rings (SSSR count). The van der Waals surface area contributed by atoms with Crippen molar-refractivity contribution in [1.29, 1.82) is 0 Å². The normalized spacial score (nSPS) is 14.3. The number of thiophene rings is 1. The Balaban J connectivity index is 1.33. The molecule has 0 spiro atoms. The molecule has 1 aromatic carbocycles. The van der Waals surface area contributed by atoms with Crippen LogP contribution in [0, 0.1) is 5.82 Å². The van der Waals surface area contributed by atoms with Gasteiger partial charge in [0.15, 0.2) is 12.3 Å². The van der Waals surface area contributed by atoms with Crippen LogP contribution in [0.3, 0.4) is 0 Å². The van der Waals surface area contributed by atoms with Crippen LogP contribution >= 0.6 is 11.3 Å². The van der Waals surface area contributed by atoms with Gasteiger partial charge < -0.3 is 10.1 Å². The van der Waals surface area contributed by atoms with Gasteiger partial charge in [-0.05, 0) is 61.9 Å². The van der Waals surface area contributed by atoms with E-state index in [4.69, 9.17) is 9.72 Å². The Kier molecular flexibility index (Phi) is 6.34. The number of hydrogen-bond donors (Lipinski definition) is 1. The molecule has 4 aromatic rings. The Morgan fingerprint density at radius 2 is 2.00 bits per heavy atom. The molecule has 1 fully saturated rings. The zero-order valence-electron chi connectivity index (χ0n) is 19.4. The molecule has 7 nitrogen and oxygen atoms in total. The van der Waals surface area contributed by atoms with E-state index in [1.807, 2.05) is 31.4 Å². The van der Waals surface area contributed by atoms with E-state index in [1.165, 1.54) is 23.5 Å². The van der Waals surface area contributed by atoms with Crippen molar-refractivity contribution < 1.29 is 18.7 Å². The first kappa shape index (κ1) is 23.2. The average molecular weight is 493 g/mol. The molecule has 180 valence electrons. The summed E-state index contributed by atoms with van der Waals surface area (Å²) in [5.41, 5.74) is 2.60. The highest BCUT2D eigenvalue weighted by Gasteiger charge is 2.29. The van der Waals surface area contributed by atoms with Crippen LogP contribution in [0.4, 0.5) is 4.39 Å². The molecule has 0 aliphatic heterocycles. The van der Waals surface area contributed by atoms with Gasteiger partial charge in [-0.25, -0.2) is 18.9 Å². The predicted molar refractivity (Wildman–Crippen MR) is 131 cm³/mol. The van der Waals surface area contributed by atoms with Crippen LogP contribution in [0.25, 0.3) is 11.0 Å². The lowest BCUT2D eigenvalue weighted by atomic mass is 10.1. The van der Waals surface area contributed by atoms with Crippen LogP contribution in [-0.4, -0.2) is 33.2 Å². The maximum absolute atomic E-state index is 13.4. The Labute approximate surface area is 205 Å². The van der Waals surface area contributed by atoms with E-state index < -0.39 is 24.5 Å². The van der Waals surface area contributed by atoms with Gasteiger partial charge in [0.2, 0.25) is 0 Å². The van der Waals surface area contributed by atoms with Crippen molar-refractivity contribution in [2.45, 2.75) is 44.7 Å². The van der Waals surface area contributed by atoms with Gasteiger partial charge in [0, 0.05) is 22.5 Å². The number of amides is 1. The highest BCUT2D eigenvalue weighted by atomic mass is 32.1. The molecule has 9 heteroatoms. The maximum Gasteiger partial charge on any atom is 0.339 e. The number of pyridine rings is 1. The predicted octanol–water partition coefficient (Wildman–Crippen LogP) is 5.15. The molecule has 1 amide bonds. The van der Waals surface area contributed by atoms with Gasteiger partial charge in [-0.3, -0.25) is 4.79 Å². The van der Waals surface area contributed by atoms with Crippen molar-refractivity contribution in [2.75, 3.05) is 6.61 Å². The van der Waals surface area contributed by atoms with Crippen LogP contribution in [-0.2, 0) is 9.53 Å². The van der Waals surface area contributed by atoms with Crippen LogP contribution < -0.4 is 5.32 Å². The van der Waals surface area contributed by atoms with Crippen LogP contribution in [0.15, 0.2) is 54.0 Å². The minimum absolute atomic E-state index is 0.0877. The molecule has 1 N–H and O–H groups in total. The summed E-state index contributed by atoms with van der Waals surface area (Å²) in [5, 5.41) is 9.82. The first-order valence-corrected chi connectivity index (χ1v) is 12.4. The number of rotatable bonds is 8. The third kappa shape index (κ3) is 4.95. The number of nitrogens with zero attached hydrogens (tertiary/aromatic N) is 3. The molecule has 1 unspecified atom stereocenters. The number of fused-ring (bicyclic) bond motifs is 1. The number of aromatic nitrogens is 3. The van der Waals surface area contributed by atoms with Gasteiger partial charge in [-0.2, -0.15) is 5.10 Å². The summed E-state index contributed by atoms with van der Waals surface area (Å²) >= 11 is 1.48. The zero-order chi connectivity index (χ0) is 24.5. The number of ether oxygens (including phenoxy) is 1. The largest absolute Gasteiger partial charge is 0.452 e. The molecule has 1 aliphatic rings. The highest BCUT2D eigenvalue weighted by molar-refractivity contribution is 7.10. The van der Waals surface area contributed by atoms with Gasteiger partial charge in [-0.1, -0.05) is 18.2 Å². The van der Waals surface area contributed by atoms with E-state index in [0.717, 1.165) is 29.0 Å². The summed E-state index contributed by atoms with van der Waals surface area (Å²) in [5.74, 6) is -1.06. The molecule has 0 radical (unpaired) electrons. The summed E-state index contributed by atoms with van der Waals surface area (Å²) in [7, 11) is 0. The van der Waals surface area contributed by atoms with Gasteiger partial charge in [0.1, 0.15) is 5.82 Å². The van der Waals surface area contributed by atoms with Crippen LogP contribution in [0.5, 0.6) is 0 Å². The van der Waals surface area contributed by atoms with Crippen molar-refractivity contribution in [2.24, 2.45) is 0 Å². The van der Waals surface area contributed by atoms with Gasteiger partial charge >= 0.3 is 5.97 Å². The third-order valence-corrected chi connectivity index (χ3v) is 6.90. The van der Waals surface area contributed by atoms with Crippen LogP contribution in [0.2, 0.25) is 0 Å². The SMILES string of the molecule is CC(C)n1ncc2c(C(=O)OCC(=O)NC(c3ccc(F)cc3)c3cccs3)cc(C3CC3)nc21. The number of halogens is 1. The number of nitrogens with one attached hydrogen (secondary N) is 1. The average Bonchev–Trinajstić information content (AvgIpc) is 3.37. The summed E-state index contributed by atoms with van der Waals surface area (Å²) in [6.45, 7) is 3.57. The first-order chi connectivity index (χ1) is 16.9. The molecule has 1 atom stereocenters. The van der Waals surface area contributed by atoms with E-state index in [2.05, 4.69) is 10.4 Å². The Morgan fingerprint density at radius 1 is 1.23 bits per heavy atom.